The maximum absolute atomic E-state index is 12.1. The van der Waals surface area contributed by atoms with Crippen LogP contribution in [-0.4, -0.2) is 22.3 Å². The van der Waals surface area contributed by atoms with Crippen LogP contribution in [0.3, 0.4) is 0 Å². The summed E-state index contributed by atoms with van der Waals surface area (Å²) >= 11 is 0. The van der Waals surface area contributed by atoms with Gasteiger partial charge in [-0.05, 0) is 71.6 Å². The van der Waals surface area contributed by atoms with Crippen molar-refractivity contribution in [2.24, 2.45) is 16.7 Å². The van der Waals surface area contributed by atoms with Crippen LogP contribution in [0.1, 0.15) is 80.1 Å². The summed E-state index contributed by atoms with van der Waals surface area (Å²) in [6.45, 7) is 15.6. The van der Waals surface area contributed by atoms with Gasteiger partial charge in [-0.1, -0.05) is 26.3 Å². The van der Waals surface area contributed by atoms with Gasteiger partial charge in [0.15, 0.2) is 0 Å². The second-order valence-electron chi connectivity index (χ2n) is 9.42. The van der Waals surface area contributed by atoms with Gasteiger partial charge in [-0.25, -0.2) is 4.79 Å². The molecule has 3 atom stereocenters. The van der Waals surface area contributed by atoms with Crippen molar-refractivity contribution in [3.63, 3.8) is 0 Å². The quantitative estimate of drug-likeness (QED) is 0.606. The topological polar surface area (TPSA) is 46.5 Å². The molecule has 2 aliphatic carbocycles. The Hall–Kier alpha value is -0.830. The lowest BCUT2D eigenvalue weighted by molar-refractivity contribution is -0.199. The van der Waals surface area contributed by atoms with Crippen molar-refractivity contribution in [1.82, 2.24) is 0 Å². The second kappa shape index (κ2) is 5.61. The zero-order valence-electron chi connectivity index (χ0n) is 15.8. The zero-order chi connectivity index (χ0) is 17.7. The third-order valence-electron chi connectivity index (χ3n) is 6.86. The molecular formula is C20H34O3. The number of fused-ring (bicyclic) bond motifs is 2. The van der Waals surface area contributed by atoms with Crippen LogP contribution in [0.5, 0.6) is 0 Å². The molecule has 132 valence electrons. The van der Waals surface area contributed by atoms with E-state index in [1.54, 1.807) is 6.92 Å². The molecule has 0 saturated heterocycles. The number of rotatable bonds is 4. The summed E-state index contributed by atoms with van der Waals surface area (Å²) in [4.78, 5) is 12.1. The van der Waals surface area contributed by atoms with Crippen LogP contribution >= 0.6 is 0 Å². The maximum atomic E-state index is 12.1. The summed E-state index contributed by atoms with van der Waals surface area (Å²) in [6, 6.07) is 0. The first-order valence-electron chi connectivity index (χ1n) is 8.93. The molecule has 2 rings (SSSR count). The van der Waals surface area contributed by atoms with Gasteiger partial charge in [0.25, 0.3) is 0 Å². The zero-order valence-corrected chi connectivity index (χ0v) is 15.8. The summed E-state index contributed by atoms with van der Waals surface area (Å²) in [7, 11) is 0. The van der Waals surface area contributed by atoms with Crippen molar-refractivity contribution in [3.8, 4) is 0 Å². The van der Waals surface area contributed by atoms with Crippen molar-refractivity contribution in [3.05, 3.63) is 12.2 Å². The minimum Gasteiger partial charge on any atom is -0.456 e. The van der Waals surface area contributed by atoms with Crippen LogP contribution in [0.15, 0.2) is 12.2 Å². The Morgan fingerprint density at radius 3 is 2.39 bits per heavy atom. The fraction of sp³-hybridized carbons (Fsp3) is 0.850. The van der Waals surface area contributed by atoms with E-state index in [1.807, 2.05) is 27.7 Å². The van der Waals surface area contributed by atoms with Crippen LogP contribution in [-0.2, 0) is 9.53 Å². The van der Waals surface area contributed by atoms with Gasteiger partial charge in [-0.2, -0.15) is 0 Å². The van der Waals surface area contributed by atoms with E-state index in [4.69, 9.17) is 4.74 Å². The molecule has 23 heavy (non-hydrogen) atoms. The molecule has 3 nitrogen and oxygen atoms in total. The molecule has 1 N–H and O–H groups in total. The van der Waals surface area contributed by atoms with Crippen molar-refractivity contribution in [1.29, 1.82) is 0 Å². The molecule has 0 aliphatic heterocycles. The number of aliphatic hydroxyl groups is 1. The Kier molecular flexibility index (Phi) is 4.52. The molecule has 2 saturated carbocycles. The molecule has 2 aliphatic rings. The van der Waals surface area contributed by atoms with Crippen LogP contribution in [0.25, 0.3) is 0 Å². The monoisotopic (exact) mass is 322 g/mol. The minimum absolute atomic E-state index is 0.0736. The van der Waals surface area contributed by atoms with E-state index in [0.717, 1.165) is 25.7 Å². The van der Waals surface area contributed by atoms with Gasteiger partial charge in [0, 0.05) is 11.0 Å². The van der Waals surface area contributed by atoms with Crippen molar-refractivity contribution in [2.45, 2.75) is 91.3 Å². The summed E-state index contributed by atoms with van der Waals surface area (Å²) in [5.74, 6) is 0.293. The summed E-state index contributed by atoms with van der Waals surface area (Å²) in [5.41, 5.74) is -1.05. The van der Waals surface area contributed by atoms with E-state index in [0.29, 0.717) is 11.5 Å². The van der Waals surface area contributed by atoms with Gasteiger partial charge in [0.1, 0.15) is 5.60 Å². The Balaban J connectivity index is 2.34. The van der Waals surface area contributed by atoms with Gasteiger partial charge >= 0.3 is 5.97 Å². The van der Waals surface area contributed by atoms with Crippen LogP contribution in [0.4, 0.5) is 0 Å². The van der Waals surface area contributed by atoms with Gasteiger partial charge in [0.05, 0.1) is 5.60 Å². The average Bonchev–Trinajstić information content (AvgIpc) is 2.35. The normalized spacial score (nSPS) is 34.8. The lowest BCUT2D eigenvalue weighted by Gasteiger charge is -2.60. The van der Waals surface area contributed by atoms with Crippen LogP contribution in [0, 0.1) is 16.7 Å². The highest BCUT2D eigenvalue weighted by Crippen LogP contribution is 2.62. The summed E-state index contributed by atoms with van der Waals surface area (Å²) < 4.78 is 5.84. The number of esters is 1. The van der Waals surface area contributed by atoms with E-state index in [1.165, 1.54) is 12.8 Å². The molecule has 0 heterocycles. The average molecular weight is 322 g/mol. The number of hydrogen-bond acceptors (Lipinski definition) is 3. The van der Waals surface area contributed by atoms with Crippen molar-refractivity contribution in [2.75, 3.05) is 0 Å². The molecule has 2 fully saturated rings. The summed E-state index contributed by atoms with van der Waals surface area (Å²) in [5, 5.41) is 10.9. The third-order valence-corrected chi connectivity index (χ3v) is 6.86. The fourth-order valence-corrected chi connectivity index (χ4v) is 4.95. The lowest BCUT2D eigenvalue weighted by Crippen LogP contribution is -2.58. The number of carbonyl (C=O) groups excluding carboxylic acids is 1. The molecule has 0 aromatic carbocycles. The van der Waals surface area contributed by atoms with E-state index in [-0.39, 0.29) is 16.8 Å². The molecular weight excluding hydrogens is 288 g/mol. The highest BCUT2D eigenvalue weighted by molar-refractivity contribution is 5.87. The molecule has 0 amide bonds. The maximum Gasteiger partial charge on any atom is 0.333 e. The molecule has 0 radical (unpaired) electrons. The smallest absolute Gasteiger partial charge is 0.333 e. The SMILES string of the molecule is C=C(C)C(=O)OC(C)(C)C1(C)CC2CCCC(C(C)(C)O)(C2)C1. The molecule has 0 aromatic rings. The van der Waals surface area contributed by atoms with Crippen LogP contribution < -0.4 is 0 Å². The summed E-state index contributed by atoms with van der Waals surface area (Å²) in [6.07, 6.45) is 6.52. The highest BCUT2D eigenvalue weighted by Gasteiger charge is 2.59. The van der Waals surface area contributed by atoms with Gasteiger partial charge in [-0.3, -0.25) is 0 Å². The van der Waals surface area contributed by atoms with E-state index in [9.17, 15) is 9.90 Å². The van der Waals surface area contributed by atoms with Gasteiger partial charge in [-0.15, -0.1) is 0 Å². The largest absolute Gasteiger partial charge is 0.456 e. The van der Waals surface area contributed by atoms with Gasteiger partial charge in [0.2, 0.25) is 0 Å². The van der Waals surface area contributed by atoms with Gasteiger partial charge < -0.3 is 9.84 Å². The molecule has 3 unspecified atom stereocenters. The van der Waals surface area contributed by atoms with E-state index in [2.05, 4.69) is 13.5 Å². The van der Waals surface area contributed by atoms with Crippen molar-refractivity contribution < 1.29 is 14.6 Å². The van der Waals surface area contributed by atoms with E-state index >= 15 is 0 Å². The molecule has 0 spiro atoms. The second-order valence-corrected chi connectivity index (χ2v) is 9.42. The predicted octanol–water partition coefficient (Wildman–Crippen LogP) is 4.63. The van der Waals surface area contributed by atoms with Crippen LogP contribution in [0.2, 0.25) is 0 Å². The minimum atomic E-state index is -0.707. The third kappa shape index (κ3) is 3.22. The number of carbonyl (C=O) groups is 1. The molecule has 0 aromatic heterocycles. The molecule has 3 heteroatoms. The first-order chi connectivity index (χ1) is 10.3. The first-order valence-corrected chi connectivity index (χ1v) is 8.93. The highest BCUT2D eigenvalue weighted by atomic mass is 16.6. The Labute approximate surface area is 141 Å². The first kappa shape index (κ1) is 18.5. The Morgan fingerprint density at radius 2 is 1.87 bits per heavy atom. The predicted molar refractivity (Wildman–Crippen MR) is 93.0 cm³/mol. The standard InChI is InChI=1S/C20H34O3/c1-14(2)16(21)23-18(5,6)19(7)11-15-9-8-10-20(12-15,13-19)17(3,4)22/h15,22H,1,8-13H2,2-7H3. The molecule has 2 bridgehead atoms. The number of ether oxygens (including phenoxy) is 1. The fourth-order valence-electron chi connectivity index (χ4n) is 4.95. The lowest BCUT2D eigenvalue weighted by atomic mass is 9.47. The number of hydrogen-bond donors (Lipinski definition) is 1. The van der Waals surface area contributed by atoms with E-state index < -0.39 is 11.2 Å². The Morgan fingerprint density at radius 1 is 1.26 bits per heavy atom. The van der Waals surface area contributed by atoms with Crippen molar-refractivity contribution >= 4 is 5.97 Å². The Bertz CT molecular complexity index is 500.